The molecule has 6 heteroatoms. The molecule has 0 saturated carbocycles. The Bertz CT molecular complexity index is 772. The molecule has 0 aliphatic carbocycles. The van der Waals surface area contributed by atoms with Gasteiger partial charge >= 0.3 is 0 Å². The number of anilines is 1. The summed E-state index contributed by atoms with van der Waals surface area (Å²) < 4.78 is 24.7. The van der Waals surface area contributed by atoms with Gasteiger partial charge in [-0.15, -0.1) is 0 Å². The summed E-state index contributed by atoms with van der Waals surface area (Å²) in [6.45, 7) is 0.636. The lowest BCUT2D eigenvalue weighted by molar-refractivity contribution is -0.121. The van der Waals surface area contributed by atoms with E-state index in [0.717, 1.165) is 31.1 Å². The molecular formula is C19H24N2O3S. The number of nitrogens with one attached hydrogen (secondary N) is 2. The number of aryl methyl sites for hydroxylation is 2. The van der Waals surface area contributed by atoms with Crippen LogP contribution in [0, 0.1) is 0 Å². The van der Waals surface area contributed by atoms with Gasteiger partial charge < -0.3 is 5.32 Å². The molecule has 2 aromatic carbocycles. The Kier molecular flexibility index (Phi) is 7.01. The molecule has 25 heavy (non-hydrogen) atoms. The maximum atomic E-state index is 11.8. The Morgan fingerprint density at radius 2 is 1.56 bits per heavy atom. The van der Waals surface area contributed by atoms with Crippen LogP contribution in [0.2, 0.25) is 0 Å². The first-order valence-corrected chi connectivity index (χ1v) is 10.2. The molecule has 0 spiro atoms. The van der Waals surface area contributed by atoms with Gasteiger partial charge in [-0.1, -0.05) is 42.5 Å². The summed E-state index contributed by atoms with van der Waals surface area (Å²) in [6.07, 6.45) is 4.05. The summed E-state index contributed by atoms with van der Waals surface area (Å²) in [5.74, 6) is 0.0663. The molecular weight excluding hydrogens is 336 g/mol. The number of rotatable bonds is 9. The fraction of sp³-hybridized carbons (Fsp3) is 0.316. The van der Waals surface area contributed by atoms with Crippen molar-refractivity contribution in [2.24, 2.45) is 0 Å². The molecule has 2 N–H and O–H groups in total. The summed E-state index contributed by atoms with van der Waals surface area (Å²) >= 11 is 0. The van der Waals surface area contributed by atoms with E-state index in [2.05, 4.69) is 10.0 Å². The maximum absolute atomic E-state index is 11.8. The second kappa shape index (κ2) is 9.22. The van der Waals surface area contributed by atoms with Gasteiger partial charge in [-0.25, -0.2) is 8.42 Å². The molecule has 1 amide bonds. The summed E-state index contributed by atoms with van der Waals surface area (Å²) in [4.78, 5) is 11.8. The number of carbonyl (C=O) groups excluding carboxylic acids is 1. The van der Waals surface area contributed by atoms with E-state index in [-0.39, 0.29) is 5.91 Å². The summed E-state index contributed by atoms with van der Waals surface area (Å²) in [5, 5.41) is 2.94. The first kappa shape index (κ1) is 19.0. The van der Waals surface area contributed by atoms with Crippen LogP contribution in [-0.2, 0) is 27.7 Å². The summed E-state index contributed by atoms with van der Waals surface area (Å²) in [7, 11) is -3.24. The highest BCUT2D eigenvalue weighted by Crippen LogP contribution is 2.12. The van der Waals surface area contributed by atoms with Crippen molar-refractivity contribution in [3.63, 3.8) is 0 Å². The molecule has 0 unspecified atom stereocenters. The van der Waals surface area contributed by atoms with Crippen molar-refractivity contribution in [1.82, 2.24) is 5.32 Å². The van der Waals surface area contributed by atoms with Gasteiger partial charge in [0.05, 0.1) is 6.26 Å². The van der Waals surface area contributed by atoms with Crippen LogP contribution >= 0.6 is 0 Å². The van der Waals surface area contributed by atoms with Crippen LogP contribution in [0.15, 0.2) is 54.6 Å². The minimum absolute atomic E-state index is 0.0663. The van der Waals surface area contributed by atoms with Gasteiger partial charge in [0.2, 0.25) is 15.9 Å². The second-order valence-electron chi connectivity index (χ2n) is 6.01. The SMILES string of the molecule is CS(=O)(=O)Nc1ccc(CCCNC(=O)CCc2ccccc2)cc1. The monoisotopic (exact) mass is 360 g/mol. The van der Waals surface area contributed by atoms with Crippen molar-refractivity contribution < 1.29 is 13.2 Å². The van der Waals surface area contributed by atoms with Crippen LogP contribution in [0.25, 0.3) is 0 Å². The molecule has 2 aromatic rings. The lowest BCUT2D eigenvalue weighted by Crippen LogP contribution is -2.24. The summed E-state index contributed by atoms with van der Waals surface area (Å²) in [5.41, 5.74) is 2.83. The highest BCUT2D eigenvalue weighted by molar-refractivity contribution is 7.92. The Hall–Kier alpha value is -2.34. The molecule has 0 bridgehead atoms. The molecule has 0 saturated heterocycles. The van der Waals surface area contributed by atoms with Crippen LogP contribution in [0.4, 0.5) is 5.69 Å². The largest absolute Gasteiger partial charge is 0.356 e. The van der Waals surface area contributed by atoms with Crippen molar-refractivity contribution in [2.75, 3.05) is 17.5 Å². The van der Waals surface area contributed by atoms with Crippen LogP contribution in [0.3, 0.4) is 0 Å². The van der Waals surface area contributed by atoms with Gasteiger partial charge in [0.1, 0.15) is 0 Å². The second-order valence-corrected chi connectivity index (χ2v) is 7.76. The smallest absolute Gasteiger partial charge is 0.229 e. The van der Waals surface area contributed by atoms with Gasteiger partial charge in [0, 0.05) is 18.7 Å². The molecule has 0 aliphatic heterocycles. The van der Waals surface area contributed by atoms with E-state index in [1.54, 1.807) is 12.1 Å². The topological polar surface area (TPSA) is 75.3 Å². The number of hydrogen-bond donors (Lipinski definition) is 2. The van der Waals surface area contributed by atoms with Crippen LogP contribution in [-0.4, -0.2) is 27.1 Å². The predicted octanol–water partition coefficient (Wildman–Crippen LogP) is 2.74. The van der Waals surface area contributed by atoms with Crippen molar-refractivity contribution in [3.05, 3.63) is 65.7 Å². The molecule has 0 fully saturated rings. The number of benzene rings is 2. The molecule has 0 atom stereocenters. The lowest BCUT2D eigenvalue weighted by atomic mass is 10.1. The first-order valence-electron chi connectivity index (χ1n) is 8.30. The number of amides is 1. The Balaban J connectivity index is 1.64. The third-order valence-corrected chi connectivity index (χ3v) is 4.31. The van der Waals surface area contributed by atoms with Crippen molar-refractivity contribution in [3.8, 4) is 0 Å². The van der Waals surface area contributed by atoms with Gasteiger partial charge in [0.25, 0.3) is 0 Å². The number of carbonyl (C=O) groups is 1. The normalized spacial score (nSPS) is 11.1. The van der Waals surface area contributed by atoms with Crippen LogP contribution < -0.4 is 10.0 Å². The standard InChI is InChI=1S/C19H24N2O3S/c1-25(23,24)21-18-12-9-17(10-13-18)8-5-15-20-19(22)14-11-16-6-3-2-4-7-16/h2-4,6-7,9-10,12-13,21H,5,8,11,14-15H2,1H3,(H,20,22). The summed E-state index contributed by atoms with van der Waals surface area (Å²) in [6, 6.07) is 17.2. The van der Waals surface area contributed by atoms with E-state index in [0.29, 0.717) is 18.7 Å². The predicted molar refractivity (Wildman–Crippen MR) is 101 cm³/mol. The molecule has 5 nitrogen and oxygen atoms in total. The van der Waals surface area contributed by atoms with E-state index in [9.17, 15) is 13.2 Å². The zero-order valence-corrected chi connectivity index (χ0v) is 15.2. The number of hydrogen-bond acceptors (Lipinski definition) is 3. The zero-order chi connectivity index (χ0) is 18.1. The molecule has 0 aliphatic rings. The highest BCUT2D eigenvalue weighted by atomic mass is 32.2. The quantitative estimate of drug-likeness (QED) is 0.675. The van der Waals surface area contributed by atoms with E-state index < -0.39 is 10.0 Å². The first-order chi connectivity index (χ1) is 11.9. The average Bonchev–Trinajstić information content (AvgIpc) is 2.58. The van der Waals surface area contributed by atoms with Gasteiger partial charge in [-0.3, -0.25) is 9.52 Å². The fourth-order valence-corrected chi connectivity index (χ4v) is 3.03. The average molecular weight is 360 g/mol. The molecule has 0 heterocycles. The van der Waals surface area contributed by atoms with Gasteiger partial charge in [-0.05, 0) is 42.5 Å². The van der Waals surface area contributed by atoms with Crippen molar-refractivity contribution in [2.45, 2.75) is 25.7 Å². The van der Waals surface area contributed by atoms with Gasteiger partial charge in [0.15, 0.2) is 0 Å². The molecule has 0 radical (unpaired) electrons. The highest BCUT2D eigenvalue weighted by Gasteiger charge is 2.03. The van der Waals surface area contributed by atoms with Crippen molar-refractivity contribution >= 4 is 21.6 Å². The van der Waals surface area contributed by atoms with Crippen LogP contribution in [0.5, 0.6) is 0 Å². The van der Waals surface area contributed by atoms with Gasteiger partial charge in [-0.2, -0.15) is 0 Å². The van der Waals surface area contributed by atoms with E-state index in [1.807, 2.05) is 42.5 Å². The molecule has 0 aromatic heterocycles. The molecule has 134 valence electrons. The maximum Gasteiger partial charge on any atom is 0.229 e. The van der Waals surface area contributed by atoms with Crippen LogP contribution in [0.1, 0.15) is 24.0 Å². The third-order valence-electron chi connectivity index (χ3n) is 3.71. The van der Waals surface area contributed by atoms with E-state index in [1.165, 1.54) is 5.56 Å². The number of sulfonamides is 1. The van der Waals surface area contributed by atoms with E-state index in [4.69, 9.17) is 0 Å². The lowest BCUT2D eigenvalue weighted by Gasteiger charge is -2.07. The zero-order valence-electron chi connectivity index (χ0n) is 14.4. The van der Waals surface area contributed by atoms with Crippen molar-refractivity contribution in [1.29, 1.82) is 0 Å². The van der Waals surface area contributed by atoms with E-state index >= 15 is 0 Å². The Morgan fingerprint density at radius 3 is 2.20 bits per heavy atom. The fourth-order valence-electron chi connectivity index (χ4n) is 2.46. The Morgan fingerprint density at radius 1 is 0.920 bits per heavy atom. The minimum Gasteiger partial charge on any atom is -0.356 e. The minimum atomic E-state index is -3.24. The third kappa shape index (κ3) is 7.85. The Labute approximate surface area is 149 Å². The molecule has 2 rings (SSSR count).